The maximum atomic E-state index is 11.5. The SMILES string of the molecule is CCOc1ccc2nc(C(=O)OC)cc(C)c2c1. The van der Waals surface area contributed by atoms with Crippen molar-refractivity contribution in [3.05, 3.63) is 35.5 Å². The van der Waals surface area contributed by atoms with Crippen LogP contribution in [0.15, 0.2) is 24.3 Å². The fourth-order valence-electron chi connectivity index (χ4n) is 1.84. The molecule has 0 amide bonds. The molecule has 0 unspecified atom stereocenters. The van der Waals surface area contributed by atoms with Gasteiger partial charge in [-0.3, -0.25) is 0 Å². The van der Waals surface area contributed by atoms with Crippen LogP contribution in [0.25, 0.3) is 10.9 Å². The second-order valence-corrected chi connectivity index (χ2v) is 3.93. The second kappa shape index (κ2) is 5.04. The van der Waals surface area contributed by atoms with Crippen LogP contribution in [0.4, 0.5) is 0 Å². The van der Waals surface area contributed by atoms with Crippen LogP contribution in [-0.4, -0.2) is 24.7 Å². The molecule has 0 radical (unpaired) electrons. The Morgan fingerprint density at radius 1 is 1.33 bits per heavy atom. The molecule has 1 aromatic heterocycles. The molecule has 0 aliphatic carbocycles. The molecule has 0 bridgehead atoms. The molecule has 4 heteroatoms. The predicted molar refractivity (Wildman–Crippen MR) is 69.0 cm³/mol. The van der Waals surface area contributed by atoms with Crippen LogP contribution in [0.2, 0.25) is 0 Å². The van der Waals surface area contributed by atoms with E-state index in [1.807, 2.05) is 32.0 Å². The zero-order valence-corrected chi connectivity index (χ0v) is 10.7. The largest absolute Gasteiger partial charge is 0.494 e. The van der Waals surface area contributed by atoms with Gasteiger partial charge in [0.15, 0.2) is 0 Å². The summed E-state index contributed by atoms with van der Waals surface area (Å²) in [6.45, 7) is 4.50. The highest BCUT2D eigenvalue weighted by molar-refractivity contribution is 5.92. The summed E-state index contributed by atoms with van der Waals surface area (Å²) >= 11 is 0. The van der Waals surface area contributed by atoms with E-state index in [1.165, 1.54) is 7.11 Å². The van der Waals surface area contributed by atoms with E-state index in [0.717, 1.165) is 22.2 Å². The lowest BCUT2D eigenvalue weighted by atomic mass is 10.1. The van der Waals surface area contributed by atoms with Gasteiger partial charge in [0.25, 0.3) is 0 Å². The number of rotatable bonds is 3. The van der Waals surface area contributed by atoms with Gasteiger partial charge in [-0.15, -0.1) is 0 Å². The van der Waals surface area contributed by atoms with Gasteiger partial charge in [0.05, 0.1) is 19.2 Å². The van der Waals surface area contributed by atoms with Gasteiger partial charge in [0, 0.05) is 5.39 Å². The van der Waals surface area contributed by atoms with Gasteiger partial charge in [-0.1, -0.05) is 0 Å². The maximum Gasteiger partial charge on any atom is 0.356 e. The first kappa shape index (κ1) is 12.4. The third kappa shape index (κ3) is 2.27. The number of hydrogen-bond acceptors (Lipinski definition) is 4. The molecule has 0 atom stereocenters. The van der Waals surface area contributed by atoms with Gasteiger partial charge in [0.1, 0.15) is 11.4 Å². The van der Waals surface area contributed by atoms with E-state index < -0.39 is 5.97 Å². The average molecular weight is 245 g/mol. The number of carbonyl (C=O) groups excluding carboxylic acids is 1. The molecule has 0 fully saturated rings. The molecule has 1 aromatic carbocycles. The van der Waals surface area contributed by atoms with Crippen LogP contribution in [0.5, 0.6) is 5.75 Å². The van der Waals surface area contributed by atoms with Gasteiger partial charge in [-0.05, 0) is 43.7 Å². The van der Waals surface area contributed by atoms with Crippen LogP contribution in [0.1, 0.15) is 23.0 Å². The van der Waals surface area contributed by atoms with Crippen LogP contribution in [0, 0.1) is 6.92 Å². The van der Waals surface area contributed by atoms with E-state index >= 15 is 0 Å². The number of carbonyl (C=O) groups is 1. The molecular formula is C14H15NO3. The quantitative estimate of drug-likeness (QED) is 0.780. The van der Waals surface area contributed by atoms with Crippen molar-refractivity contribution < 1.29 is 14.3 Å². The van der Waals surface area contributed by atoms with Crippen molar-refractivity contribution in [3.63, 3.8) is 0 Å². The molecule has 2 rings (SSSR count). The smallest absolute Gasteiger partial charge is 0.356 e. The molecule has 18 heavy (non-hydrogen) atoms. The molecule has 1 heterocycles. The lowest BCUT2D eigenvalue weighted by Gasteiger charge is -2.08. The molecule has 0 saturated heterocycles. The topological polar surface area (TPSA) is 48.4 Å². The summed E-state index contributed by atoms with van der Waals surface area (Å²) in [4.78, 5) is 15.7. The van der Waals surface area contributed by atoms with Crippen LogP contribution >= 0.6 is 0 Å². The van der Waals surface area contributed by atoms with Gasteiger partial charge in [-0.25, -0.2) is 9.78 Å². The average Bonchev–Trinajstić information content (AvgIpc) is 2.38. The first-order valence-corrected chi connectivity index (χ1v) is 5.78. The molecule has 0 aliphatic rings. The molecule has 0 N–H and O–H groups in total. The number of benzene rings is 1. The Labute approximate surface area is 106 Å². The molecule has 0 aliphatic heterocycles. The van der Waals surface area contributed by atoms with Crippen molar-refractivity contribution in [2.45, 2.75) is 13.8 Å². The number of nitrogens with zero attached hydrogens (tertiary/aromatic N) is 1. The minimum Gasteiger partial charge on any atom is -0.494 e. The molecule has 4 nitrogen and oxygen atoms in total. The molecular weight excluding hydrogens is 230 g/mol. The monoisotopic (exact) mass is 245 g/mol. The number of ether oxygens (including phenoxy) is 2. The Hall–Kier alpha value is -2.10. The number of pyridine rings is 1. The highest BCUT2D eigenvalue weighted by Crippen LogP contribution is 2.23. The number of fused-ring (bicyclic) bond motifs is 1. The van der Waals surface area contributed by atoms with E-state index in [4.69, 9.17) is 4.74 Å². The predicted octanol–water partition coefficient (Wildman–Crippen LogP) is 2.73. The van der Waals surface area contributed by atoms with Crippen molar-refractivity contribution >= 4 is 16.9 Å². The fourth-order valence-corrected chi connectivity index (χ4v) is 1.84. The highest BCUT2D eigenvalue weighted by atomic mass is 16.5. The van der Waals surface area contributed by atoms with Crippen molar-refractivity contribution in [2.24, 2.45) is 0 Å². The molecule has 2 aromatic rings. The van der Waals surface area contributed by atoms with E-state index in [1.54, 1.807) is 6.07 Å². The fraction of sp³-hybridized carbons (Fsp3) is 0.286. The Kier molecular flexibility index (Phi) is 3.46. The standard InChI is InChI=1S/C14H15NO3/c1-4-18-10-5-6-12-11(8-10)9(2)7-13(15-12)14(16)17-3/h5-8H,4H2,1-3H3. The third-order valence-electron chi connectivity index (χ3n) is 2.69. The maximum absolute atomic E-state index is 11.5. The third-order valence-corrected chi connectivity index (χ3v) is 2.69. The van der Waals surface area contributed by atoms with E-state index in [2.05, 4.69) is 9.72 Å². The van der Waals surface area contributed by atoms with Gasteiger partial charge in [-0.2, -0.15) is 0 Å². The summed E-state index contributed by atoms with van der Waals surface area (Å²) < 4.78 is 10.1. The summed E-state index contributed by atoms with van der Waals surface area (Å²) in [6, 6.07) is 7.35. The highest BCUT2D eigenvalue weighted by Gasteiger charge is 2.10. The van der Waals surface area contributed by atoms with E-state index in [9.17, 15) is 4.79 Å². The number of methoxy groups -OCH3 is 1. The van der Waals surface area contributed by atoms with Crippen LogP contribution < -0.4 is 4.74 Å². The van der Waals surface area contributed by atoms with Crippen molar-refractivity contribution in [1.29, 1.82) is 0 Å². The summed E-state index contributed by atoms with van der Waals surface area (Å²) in [7, 11) is 1.35. The van der Waals surface area contributed by atoms with Crippen molar-refractivity contribution in [2.75, 3.05) is 13.7 Å². The minimum absolute atomic E-state index is 0.326. The van der Waals surface area contributed by atoms with Gasteiger partial charge in [0.2, 0.25) is 0 Å². The molecule has 0 saturated carbocycles. The summed E-state index contributed by atoms with van der Waals surface area (Å²) in [5, 5.41) is 0.980. The van der Waals surface area contributed by atoms with Gasteiger partial charge < -0.3 is 9.47 Å². The first-order valence-electron chi connectivity index (χ1n) is 5.78. The van der Waals surface area contributed by atoms with Gasteiger partial charge >= 0.3 is 5.97 Å². The van der Waals surface area contributed by atoms with Crippen molar-refractivity contribution in [3.8, 4) is 5.75 Å². The number of esters is 1. The number of aryl methyl sites for hydroxylation is 1. The molecule has 94 valence electrons. The Balaban J connectivity index is 2.55. The summed E-state index contributed by atoms with van der Waals surface area (Å²) in [5.41, 5.74) is 2.06. The lowest BCUT2D eigenvalue weighted by Crippen LogP contribution is -2.05. The van der Waals surface area contributed by atoms with E-state index in [0.29, 0.717) is 12.3 Å². The molecule has 0 spiro atoms. The van der Waals surface area contributed by atoms with Crippen LogP contribution in [-0.2, 0) is 4.74 Å². The normalized spacial score (nSPS) is 10.4. The summed E-state index contributed by atoms with van der Waals surface area (Å²) in [5.74, 6) is 0.384. The van der Waals surface area contributed by atoms with E-state index in [-0.39, 0.29) is 0 Å². The minimum atomic E-state index is -0.422. The lowest BCUT2D eigenvalue weighted by molar-refractivity contribution is 0.0594. The Morgan fingerprint density at radius 2 is 2.11 bits per heavy atom. The summed E-state index contributed by atoms with van der Waals surface area (Å²) in [6.07, 6.45) is 0. The first-order chi connectivity index (χ1) is 8.65. The Morgan fingerprint density at radius 3 is 2.78 bits per heavy atom. The second-order valence-electron chi connectivity index (χ2n) is 3.93. The zero-order valence-electron chi connectivity index (χ0n) is 10.7. The number of aromatic nitrogens is 1. The van der Waals surface area contributed by atoms with Crippen LogP contribution in [0.3, 0.4) is 0 Å². The Bertz CT molecular complexity index is 593. The van der Waals surface area contributed by atoms with Crippen molar-refractivity contribution in [1.82, 2.24) is 4.98 Å². The number of hydrogen-bond donors (Lipinski definition) is 0. The zero-order chi connectivity index (χ0) is 13.1.